The van der Waals surface area contributed by atoms with E-state index in [0.29, 0.717) is 30.5 Å². The molecule has 0 radical (unpaired) electrons. The van der Waals surface area contributed by atoms with Crippen LogP contribution in [0, 0.1) is 0 Å². The van der Waals surface area contributed by atoms with Crippen LogP contribution in [0.3, 0.4) is 0 Å². The second-order valence-corrected chi connectivity index (χ2v) is 8.33. The fourth-order valence-electron chi connectivity index (χ4n) is 3.10. The van der Waals surface area contributed by atoms with Crippen LogP contribution in [-0.4, -0.2) is 75.0 Å². The van der Waals surface area contributed by atoms with E-state index in [9.17, 15) is 8.42 Å². The highest BCUT2D eigenvalue weighted by atomic mass is 32.2. The average Bonchev–Trinajstić information content (AvgIpc) is 2.68. The Morgan fingerprint density at radius 1 is 1.10 bits per heavy atom. The van der Waals surface area contributed by atoms with Crippen molar-refractivity contribution in [2.24, 2.45) is 5.73 Å². The Kier molecular flexibility index (Phi) is 8.78. The van der Waals surface area contributed by atoms with E-state index in [1.807, 2.05) is 6.92 Å². The van der Waals surface area contributed by atoms with E-state index in [0.717, 1.165) is 52.0 Å². The van der Waals surface area contributed by atoms with Gasteiger partial charge >= 0.3 is 0 Å². The van der Waals surface area contributed by atoms with Crippen molar-refractivity contribution in [2.45, 2.75) is 45.6 Å². The first kappa shape index (κ1) is 18.9. The largest absolute Gasteiger partial charge is 0.330 e. The van der Waals surface area contributed by atoms with E-state index < -0.39 is 9.84 Å². The van der Waals surface area contributed by atoms with E-state index in [1.54, 1.807) is 0 Å². The fourth-order valence-corrected chi connectivity index (χ4v) is 4.46. The van der Waals surface area contributed by atoms with Gasteiger partial charge in [-0.05, 0) is 45.3 Å². The van der Waals surface area contributed by atoms with Crippen molar-refractivity contribution in [2.75, 3.05) is 50.8 Å². The minimum absolute atomic E-state index is 0.306. The van der Waals surface area contributed by atoms with Gasteiger partial charge < -0.3 is 10.6 Å². The lowest BCUT2D eigenvalue weighted by molar-refractivity contribution is 0.187. The fraction of sp³-hybridized carbons (Fsp3) is 1.00. The number of nitrogens with two attached hydrogens (primary N) is 1. The molecule has 0 spiro atoms. The van der Waals surface area contributed by atoms with Crippen LogP contribution in [0.25, 0.3) is 0 Å². The van der Waals surface area contributed by atoms with E-state index in [1.165, 1.54) is 0 Å². The predicted octanol–water partition coefficient (Wildman–Crippen LogP) is 0.946. The Morgan fingerprint density at radius 3 is 2.48 bits per heavy atom. The summed E-state index contributed by atoms with van der Waals surface area (Å²) in [5.41, 5.74) is 5.70. The lowest BCUT2D eigenvalue weighted by atomic mass is 10.1. The SMILES string of the molecule is CCCS(=O)(=O)CCN1CCCN(C(CC)CCN)CC1. The minimum atomic E-state index is -2.86. The van der Waals surface area contributed by atoms with Crippen molar-refractivity contribution in [3.05, 3.63) is 0 Å². The zero-order valence-corrected chi connectivity index (χ0v) is 14.6. The van der Waals surface area contributed by atoms with Gasteiger partial charge in [-0.25, -0.2) is 8.42 Å². The lowest BCUT2D eigenvalue weighted by Gasteiger charge is -2.29. The summed E-state index contributed by atoms with van der Waals surface area (Å²) in [5, 5.41) is 0. The van der Waals surface area contributed by atoms with Crippen molar-refractivity contribution >= 4 is 9.84 Å². The highest BCUT2D eigenvalue weighted by Gasteiger charge is 2.21. The summed E-state index contributed by atoms with van der Waals surface area (Å²) in [6, 6.07) is 0.582. The van der Waals surface area contributed by atoms with Crippen molar-refractivity contribution in [3.63, 3.8) is 0 Å². The quantitative estimate of drug-likeness (QED) is 0.685. The molecule has 21 heavy (non-hydrogen) atoms. The third-order valence-electron chi connectivity index (χ3n) is 4.34. The zero-order chi connectivity index (χ0) is 15.7. The number of hydrogen-bond acceptors (Lipinski definition) is 5. The summed E-state index contributed by atoms with van der Waals surface area (Å²) < 4.78 is 23.6. The van der Waals surface area contributed by atoms with Crippen LogP contribution in [0.2, 0.25) is 0 Å². The topological polar surface area (TPSA) is 66.6 Å². The average molecular weight is 320 g/mol. The van der Waals surface area contributed by atoms with Crippen molar-refractivity contribution in [1.29, 1.82) is 0 Å². The third kappa shape index (κ3) is 7.08. The van der Waals surface area contributed by atoms with Gasteiger partial charge in [0.1, 0.15) is 0 Å². The first-order valence-corrected chi connectivity index (χ1v) is 10.2. The summed E-state index contributed by atoms with van der Waals surface area (Å²) in [5.74, 6) is 0.627. The molecule has 1 rings (SSSR count). The Morgan fingerprint density at radius 2 is 1.86 bits per heavy atom. The van der Waals surface area contributed by atoms with Crippen LogP contribution in [0.15, 0.2) is 0 Å². The molecule has 1 atom stereocenters. The van der Waals surface area contributed by atoms with Crippen LogP contribution in [-0.2, 0) is 9.84 Å². The number of sulfone groups is 1. The molecule has 2 N–H and O–H groups in total. The summed E-state index contributed by atoms with van der Waals surface area (Å²) in [6.45, 7) is 9.70. The molecule has 0 aromatic heterocycles. The molecule has 5 nitrogen and oxygen atoms in total. The monoisotopic (exact) mass is 319 g/mol. The van der Waals surface area contributed by atoms with Gasteiger partial charge in [0.2, 0.25) is 0 Å². The summed E-state index contributed by atoms with van der Waals surface area (Å²) in [6.07, 6.45) is 4.03. The molecule has 6 heteroatoms. The van der Waals surface area contributed by atoms with Gasteiger partial charge in [0.15, 0.2) is 9.84 Å². The van der Waals surface area contributed by atoms with E-state index in [-0.39, 0.29) is 0 Å². The van der Waals surface area contributed by atoms with Gasteiger partial charge in [0, 0.05) is 31.4 Å². The van der Waals surface area contributed by atoms with E-state index in [2.05, 4.69) is 16.7 Å². The summed E-state index contributed by atoms with van der Waals surface area (Å²) >= 11 is 0. The minimum Gasteiger partial charge on any atom is -0.330 e. The molecule has 1 heterocycles. The molecule has 126 valence electrons. The van der Waals surface area contributed by atoms with E-state index >= 15 is 0 Å². The number of hydrogen-bond donors (Lipinski definition) is 1. The van der Waals surface area contributed by atoms with Gasteiger partial charge in [-0.1, -0.05) is 13.8 Å². The van der Waals surface area contributed by atoms with E-state index in [4.69, 9.17) is 5.73 Å². The molecule has 0 aliphatic carbocycles. The molecule has 0 bridgehead atoms. The molecule has 0 aromatic carbocycles. The summed E-state index contributed by atoms with van der Waals surface area (Å²) in [4.78, 5) is 4.84. The highest BCUT2D eigenvalue weighted by molar-refractivity contribution is 7.91. The van der Waals surface area contributed by atoms with Crippen LogP contribution in [0.1, 0.15) is 39.5 Å². The maximum Gasteiger partial charge on any atom is 0.151 e. The second-order valence-electron chi connectivity index (χ2n) is 6.02. The van der Waals surface area contributed by atoms with Gasteiger partial charge in [-0.15, -0.1) is 0 Å². The van der Waals surface area contributed by atoms with Gasteiger partial charge in [0.25, 0.3) is 0 Å². The first-order valence-electron chi connectivity index (χ1n) is 8.39. The molecular weight excluding hydrogens is 286 g/mol. The zero-order valence-electron chi connectivity index (χ0n) is 13.8. The van der Waals surface area contributed by atoms with Crippen molar-refractivity contribution in [3.8, 4) is 0 Å². The lowest BCUT2D eigenvalue weighted by Crippen LogP contribution is -2.39. The molecule has 1 unspecified atom stereocenters. The van der Waals surface area contributed by atoms with Crippen LogP contribution < -0.4 is 5.73 Å². The van der Waals surface area contributed by atoms with Gasteiger partial charge in [-0.2, -0.15) is 0 Å². The van der Waals surface area contributed by atoms with Gasteiger partial charge in [0.05, 0.1) is 5.75 Å². The highest BCUT2D eigenvalue weighted by Crippen LogP contribution is 2.12. The smallest absolute Gasteiger partial charge is 0.151 e. The molecule has 1 saturated heterocycles. The molecule has 0 amide bonds. The molecule has 1 aliphatic heterocycles. The maximum atomic E-state index is 11.8. The van der Waals surface area contributed by atoms with Crippen molar-refractivity contribution < 1.29 is 8.42 Å². The van der Waals surface area contributed by atoms with Crippen LogP contribution in [0.4, 0.5) is 0 Å². The Hall–Kier alpha value is -0.170. The molecule has 0 saturated carbocycles. The second kappa shape index (κ2) is 9.77. The maximum absolute atomic E-state index is 11.8. The van der Waals surface area contributed by atoms with Crippen LogP contribution in [0.5, 0.6) is 0 Å². The Labute approximate surface area is 130 Å². The Bertz CT molecular complexity index is 373. The first-order chi connectivity index (χ1) is 10.0. The number of nitrogens with zero attached hydrogens (tertiary/aromatic N) is 2. The molecular formula is C15H33N3O2S. The Balaban J connectivity index is 2.42. The molecule has 1 aliphatic rings. The third-order valence-corrected chi connectivity index (χ3v) is 6.18. The predicted molar refractivity (Wildman–Crippen MR) is 89.3 cm³/mol. The van der Waals surface area contributed by atoms with Gasteiger partial charge in [-0.3, -0.25) is 4.90 Å². The number of rotatable bonds is 9. The standard InChI is InChI=1S/C15H33N3O2S/c1-3-13-21(19,20)14-12-17-8-5-9-18(11-10-17)15(4-2)6-7-16/h15H,3-14,16H2,1-2H3. The molecule has 0 aromatic rings. The van der Waals surface area contributed by atoms with Crippen LogP contribution >= 0.6 is 0 Å². The molecule has 1 fully saturated rings. The normalized spacial score (nSPS) is 20.3. The summed E-state index contributed by atoms with van der Waals surface area (Å²) in [7, 11) is -2.86. The van der Waals surface area contributed by atoms with Crippen molar-refractivity contribution in [1.82, 2.24) is 9.80 Å².